The second kappa shape index (κ2) is 10.5. The van der Waals surface area contributed by atoms with Crippen molar-refractivity contribution in [2.45, 2.75) is 0 Å². The molecule has 40 heavy (non-hydrogen) atoms. The number of fused-ring (bicyclic) bond motifs is 4. The van der Waals surface area contributed by atoms with Crippen molar-refractivity contribution in [1.29, 1.82) is 0 Å². The summed E-state index contributed by atoms with van der Waals surface area (Å²) in [7, 11) is 6.09. The Morgan fingerprint density at radius 3 is 0.700 bits per heavy atom. The number of hydrogen-bond donors (Lipinski definition) is 0. The Hall–Kier alpha value is -5.24. The molecule has 0 saturated carbocycles. The predicted molar refractivity (Wildman–Crippen MR) is 146 cm³/mol. The van der Waals surface area contributed by atoms with Gasteiger partial charge in [-0.3, -0.25) is 19.2 Å². The molecule has 0 saturated heterocycles. The lowest BCUT2D eigenvalue weighted by Gasteiger charge is -2.18. The quantitative estimate of drug-likeness (QED) is 0.311. The van der Waals surface area contributed by atoms with Gasteiger partial charge >= 0.3 is 0 Å². The van der Waals surface area contributed by atoms with Gasteiger partial charge in [0.15, 0.2) is 23.1 Å². The minimum absolute atomic E-state index is 0.170. The molecule has 8 nitrogen and oxygen atoms in total. The summed E-state index contributed by atoms with van der Waals surface area (Å²) in [4.78, 5) is 49.9. The van der Waals surface area contributed by atoms with E-state index in [-0.39, 0.29) is 23.1 Å². The van der Waals surface area contributed by atoms with Gasteiger partial charge < -0.3 is 18.9 Å². The van der Waals surface area contributed by atoms with Gasteiger partial charge in [-0.25, -0.2) is 0 Å². The maximum absolute atomic E-state index is 12.5. The van der Waals surface area contributed by atoms with Gasteiger partial charge in [-0.2, -0.15) is 0 Å². The van der Waals surface area contributed by atoms with E-state index in [4.69, 9.17) is 18.9 Å². The van der Waals surface area contributed by atoms with Crippen LogP contribution in [-0.4, -0.2) is 51.6 Å². The molecule has 4 aromatic carbocycles. The van der Waals surface area contributed by atoms with E-state index in [2.05, 4.69) is 0 Å². The molecule has 200 valence electrons. The van der Waals surface area contributed by atoms with Gasteiger partial charge in [-0.05, 0) is 72.8 Å². The van der Waals surface area contributed by atoms with Crippen LogP contribution in [0.4, 0.5) is 0 Å². The Bertz CT molecular complexity index is 1460. The normalized spacial score (nSPS) is 12.7. The van der Waals surface area contributed by atoms with Crippen molar-refractivity contribution in [2.24, 2.45) is 0 Å². The van der Waals surface area contributed by atoms with E-state index in [0.717, 1.165) is 0 Å². The van der Waals surface area contributed by atoms with Crippen LogP contribution in [0.15, 0.2) is 72.8 Å². The van der Waals surface area contributed by atoms with Crippen LogP contribution < -0.4 is 18.9 Å². The maximum atomic E-state index is 12.5. The third-order valence-corrected chi connectivity index (χ3v) is 6.86. The summed E-state index contributed by atoms with van der Waals surface area (Å²) >= 11 is 0. The number of methoxy groups -OCH3 is 4. The highest BCUT2D eigenvalue weighted by Gasteiger charge is 2.31. The minimum atomic E-state index is -0.170. The Morgan fingerprint density at radius 1 is 0.325 bits per heavy atom. The first-order chi connectivity index (χ1) is 19.3. The molecule has 0 unspecified atom stereocenters. The summed E-state index contributed by atoms with van der Waals surface area (Å²) in [5.74, 6) is 1.55. The minimum Gasteiger partial charge on any atom is -0.497 e. The van der Waals surface area contributed by atoms with E-state index in [1.54, 1.807) is 72.8 Å². The van der Waals surface area contributed by atoms with Crippen LogP contribution in [0.2, 0.25) is 0 Å². The number of hydrogen-bond acceptors (Lipinski definition) is 8. The fraction of sp³-hybridized carbons (Fsp3) is 0.125. The Balaban J connectivity index is 0.000000161. The monoisotopic (exact) mass is 536 g/mol. The molecule has 0 aliphatic heterocycles. The molecule has 2 aliphatic carbocycles. The molecule has 0 spiro atoms. The van der Waals surface area contributed by atoms with E-state index < -0.39 is 0 Å². The molecule has 4 aromatic rings. The van der Waals surface area contributed by atoms with Crippen molar-refractivity contribution in [1.82, 2.24) is 0 Å². The highest BCUT2D eigenvalue weighted by Crippen LogP contribution is 2.33. The van der Waals surface area contributed by atoms with Gasteiger partial charge in [0.05, 0.1) is 28.4 Å². The predicted octanol–water partition coefficient (Wildman–Crippen LogP) is 4.96. The molecule has 8 heteroatoms. The molecule has 0 N–H and O–H groups in total. The molecule has 6 rings (SSSR count). The van der Waals surface area contributed by atoms with Crippen LogP contribution in [-0.2, 0) is 0 Å². The lowest BCUT2D eigenvalue weighted by atomic mass is 9.84. The van der Waals surface area contributed by atoms with Gasteiger partial charge in [-0.1, -0.05) is 0 Å². The Labute approximate surface area is 230 Å². The maximum Gasteiger partial charge on any atom is 0.194 e. The van der Waals surface area contributed by atoms with Gasteiger partial charge in [0, 0.05) is 44.5 Å². The number of carbonyl (C=O) groups is 4. The first-order valence-electron chi connectivity index (χ1n) is 12.2. The van der Waals surface area contributed by atoms with Crippen molar-refractivity contribution >= 4 is 23.1 Å². The summed E-state index contributed by atoms with van der Waals surface area (Å²) < 4.78 is 20.4. The van der Waals surface area contributed by atoms with E-state index in [1.165, 1.54) is 28.4 Å². The standard InChI is InChI=1S/2C16H12O4/c2*1-19-9-3-5-11-13(7-9)15(17)12-6-4-10(20-2)8-14(12)16(11)18/h2*3-8H,1-2H3. The van der Waals surface area contributed by atoms with Gasteiger partial charge in [0.25, 0.3) is 0 Å². The molecule has 0 fully saturated rings. The summed E-state index contributed by atoms with van der Waals surface area (Å²) in [6.45, 7) is 0. The number of ether oxygens (including phenoxy) is 4. The van der Waals surface area contributed by atoms with E-state index >= 15 is 0 Å². The first-order valence-corrected chi connectivity index (χ1v) is 12.2. The molecular weight excluding hydrogens is 512 g/mol. The average molecular weight is 537 g/mol. The molecular formula is C32H24O8. The topological polar surface area (TPSA) is 105 Å². The largest absolute Gasteiger partial charge is 0.497 e. The van der Waals surface area contributed by atoms with E-state index in [9.17, 15) is 19.2 Å². The van der Waals surface area contributed by atoms with Crippen LogP contribution in [0.25, 0.3) is 0 Å². The van der Waals surface area contributed by atoms with Gasteiger partial charge in [0.2, 0.25) is 0 Å². The van der Waals surface area contributed by atoms with Crippen molar-refractivity contribution in [3.8, 4) is 23.0 Å². The zero-order valence-corrected chi connectivity index (χ0v) is 22.2. The summed E-state index contributed by atoms with van der Waals surface area (Å²) in [5.41, 5.74) is 3.12. The number of rotatable bonds is 4. The average Bonchev–Trinajstić information content (AvgIpc) is 3.01. The number of benzene rings is 4. The van der Waals surface area contributed by atoms with Crippen molar-refractivity contribution in [3.05, 3.63) is 117 Å². The van der Waals surface area contributed by atoms with Crippen LogP contribution in [0.1, 0.15) is 63.7 Å². The number of carbonyl (C=O) groups excluding carboxylic acids is 4. The molecule has 0 radical (unpaired) electrons. The van der Waals surface area contributed by atoms with Gasteiger partial charge in [-0.15, -0.1) is 0 Å². The second-order valence-corrected chi connectivity index (χ2v) is 8.96. The van der Waals surface area contributed by atoms with Crippen LogP contribution >= 0.6 is 0 Å². The molecule has 0 heterocycles. The lowest BCUT2D eigenvalue weighted by molar-refractivity contribution is 0.0978. The van der Waals surface area contributed by atoms with E-state index in [1.807, 2.05) is 0 Å². The Kier molecular flexibility index (Phi) is 6.92. The second-order valence-electron chi connectivity index (χ2n) is 8.96. The third kappa shape index (κ3) is 4.39. The fourth-order valence-electron chi connectivity index (χ4n) is 4.73. The van der Waals surface area contributed by atoms with Crippen LogP contribution in [0.3, 0.4) is 0 Å². The molecule has 0 amide bonds. The first kappa shape index (κ1) is 26.4. The van der Waals surface area contributed by atoms with Crippen molar-refractivity contribution in [3.63, 3.8) is 0 Å². The van der Waals surface area contributed by atoms with Crippen LogP contribution in [0.5, 0.6) is 23.0 Å². The van der Waals surface area contributed by atoms with E-state index in [0.29, 0.717) is 67.5 Å². The Morgan fingerprint density at radius 2 is 0.525 bits per heavy atom. The van der Waals surface area contributed by atoms with Crippen LogP contribution in [0, 0.1) is 0 Å². The SMILES string of the molecule is COc1ccc2c(c1)C(=O)c1ccc(OC)cc1C2=O.COc1ccc2c(c1)C(=O)c1ccc(OC)cc1C2=O. The zero-order valence-electron chi connectivity index (χ0n) is 22.2. The molecule has 2 aliphatic rings. The lowest BCUT2D eigenvalue weighted by Crippen LogP contribution is -2.20. The summed E-state index contributed by atoms with van der Waals surface area (Å²) in [6.07, 6.45) is 0. The van der Waals surface area contributed by atoms with Crippen molar-refractivity contribution in [2.75, 3.05) is 28.4 Å². The highest BCUT2D eigenvalue weighted by atomic mass is 16.5. The smallest absolute Gasteiger partial charge is 0.194 e. The zero-order chi connectivity index (χ0) is 28.6. The third-order valence-electron chi connectivity index (χ3n) is 6.86. The number of ketones is 4. The van der Waals surface area contributed by atoms with Gasteiger partial charge in [0.1, 0.15) is 23.0 Å². The van der Waals surface area contributed by atoms with Crippen molar-refractivity contribution < 1.29 is 38.1 Å². The molecule has 0 aromatic heterocycles. The molecule has 0 atom stereocenters. The summed E-state index contributed by atoms with van der Waals surface area (Å²) in [6, 6.07) is 19.6. The highest BCUT2D eigenvalue weighted by molar-refractivity contribution is 6.29. The fourth-order valence-corrected chi connectivity index (χ4v) is 4.73. The molecule has 0 bridgehead atoms. The summed E-state index contributed by atoms with van der Waals surface area (Å²) in [5, 5.41) is 0.